The van der Waals surface area contributed by atoms with Crippen LogP contribution in [0.2, 0.25) is 0 Å². The minimum Gasteiger partial charge on any atom is -0.310 e. The molecule has 0 aromatic heterocycles. The van der Waals surface area contributed by atoms with Crippen molar-refractivity contribution in [3.63, 3.8) is 0 Å². The molecule has 0 radical (unpaired) electrons. The van der Waals surface area contributed by atoms with Gasteiger partial charge in [-0.3, -0.25) is 0 Å². The molecule has 5 aromatic carbocycles. The lowest BCUT2D eigenvalue weighted by molar-refractivity contribution is 1.23. The van der Waals surface area contributed by atoms with E-state index in [0.29, 0.717) is 0 Å². The second kappa shape index (κ2) is 11.2. The van der Waals surface area contributed by atoms with E-state index in [9.17, 15) is 0 Å². The second-order valence-corrected chi connectivity index (χ2v) is 9.80. The van der Waals surface area contributed by atoms with E-state index in [1.165, 1.54) is 22.3 Å². The van der Waals surface area contributed by atoms with E-state index in [2.05, 4.69) is 171 Å². The molecule has 0 amide bonds. The van der Waals surface area contributed by atoms with Crippen LogP contribution in [-0.2, 0) is 0 Å². The Bertz CT molecular complexity index is 1530. The van der Waals surface area contributed by atoms with Gasteiger partial charge in [0.25, 0.3) is 0 Å². The Morgan fingerprint density at radius 3 is 1.16 bits per heavy atom. The van der Waals surface area contributed by atoms with Gasteiger partial charge in [0.15, 0.2) is 0 Å². The first-order valence-corrected chi connectivity index (χ1v) is 13.1. The SMILES string of the molecule is CC=Cc1cccc(N(c2cccc(C)c2)c2cccc(N(c3cccc(C)c3)c3cccc(C)c3)c2)c1. The first kappa shape index (κ1) is 25.1. The van der Waals surface area contributed by atoms with Gasteiger partial charge in [-0.15, -0.1) is 0 Å². The van der Waals surface area contributed by atoms with Crippen LogP contribution < -0.4 is 9.80 Å². The molecule has 5 aromatic rings. The lowest BCUT2D eigenvalue weighted by Crippen LogP contribution is -2.13. The third kappa shape index (κ3) is 5.55. The molecular formula is C36H34N2. The fraction of sp³-hybridized carbons (Fsp3) is 0.111. The fourth-order valence-corrected chi connectivity index (χ4v) is 4.93. The summed E-state index contributed by atoms with van der Waals surface area (Å²) < 4.78 is 0. The van der Waals surface area contributed by atoms with Gasteiger partial charge in [0, 0.05) is 34.1 Å². The summed E-state index contributed by atoms with van der Waals surface area (Å²) in [5.74, 6) is 0. The zero-order chi connectivity index (χ0) is 26.5. The Balaban J connectivity index is 1.69. The number of anilines is 6. The molecule has 188 valence electrons. The number of nitrogens with zero attached hydrogens (tertiary/aromatic N) is 2. The molecule has 0 saturated carbocycles. The van der Waals surface area contributed by atoms with Gasteiger partial charge in [-0.25, -0.2) is 0 Å². The average Bonchev–Trinajstić information content (AvgIpc) is 2.90. The maximum absolute atomic E-state index is 2.34. The van der Waals surface area contributed by atoms with Gasteiger partial charge >= 0.3 is 0 Å². The summed E-state index contributed by atoms with van der Waals surface area (Å²) in [5.41, 5.74) is 11.6. The molecule has 0 atom stereocenters. The van der Waals surface area contributed by atoms with E-state index in [-0.39, 0.29) is 0 Å². The molecule has 0 fully saturated rings. The van der Waals surface area contributed by atoms with Crippen molar-refractivity contribution in [2.75, 3.05) is 9.80 Å². The van der Waals surface area contributed by atoms with Crippen LogP contribution in [0.15, 0.2) is 127 Å². The number of allylic oxidation sites excluding steroid dienone is 1. The molecule has 2 nitrogen and oxygen atoms in total. The second-order valence-electron chi connectivity index (χ2n) is 9.80. The van der Waals surface area contributed by atoms with Crippen molar-refractivity contribution in [2.24, 2.45) is 0 Å². The Morgan fingerprint density at radius 1 is 0.421 bits per heavy atom. The summed E-state index contributed by atoms with van der Waals surface area (Å²) in [7, 11) is 0. The lowest BCUT2D eigenvalue weighted by Gasteiger charge is -2.30. The minimum atomic E-state index is 1.11. The topological polar surface area (TPSA) is 6.48 Å². The zero-order valence-corrected chi connectivity index (χ0v) is 22.6. The smallest absolute Gasteiger partial charge is 0.0482 e. The maximum atomic E-state index is 2.34. The van der Waals surface area contributed by atoms with E-state index in [4.69, 9.17) is 0 Å². The summed E-state index contributed by atoms with van der Waals surface area (Å²) in [4.78, 5) is 4.68. The number of hydrogen-bond acceptors (Lipinski definition) is 2. The van der Waals surface area contributed by atoms with Gasteiger partial charge in [0.05, 0.1) is 0 Å². The Kier molecular flexibility index (Phi) is 7.42. The zero-order valence-electron chi connectivity index (χ0n) is 22.6. The van der Waals surface area contributed by atoms with E-state index in [0.717, 1.165) is 34.1 Å². The highest BCUT2D eigenvalue weighted by atomic mass is 15.2. The molecule has 38 heavy (non-hydrogen) atoms. The summed E-state index contributed by atoms with van der Waals surface area (Å²) in [6, 6.07) is 43.6. The Hall–Kier alpha value is -4.56. The van der Waals surface area contributed by atoms with Crippen molar-refractivity contribution in [1.29, 1.82) is 0 Å². The molecule has 0 heterocycles. The first-order chi connectivity index (χ1) is 18.5. The minimum absolute atomic E-state index is 1.11. The summed E-state index contributed by atoms with van der Waals surface area (Å²) in [5, 5.41) is 0. The van der Waals surface area contributed by atoms with Crippen LogP contribution in [0.25, 0.3) is 6.08 Å². The molecule has 5 rings (SSSR count). The molecular weight excluding hydrogens is 460 g/mol. The molecule has 0 bridgehead atoms. The Labute approximate surface area is 227 Å². The first-order valence-electron chi connectivity index (χ1n) is 13.1. The quantitative estimate of drug-likeness (QED) is 0.222. The summed E-state index contributed by atoms with van der Waals surface area (Å²) in [6.45, 7) is 8.49. The predicted molar refractivity (Wildman–Crippen MR) is 165 cm³/mol. The third-order valence-corrected chi connectivity index (χ3v) is 6.61. The van der Waals surface area contributed by atoms with Crippen molar-refractivity contribution >= 4 is 40.2 Å². The lowest BCUT2D eigenvalue weighted by atomic mass is 10.1. The van der Waals surface area contributed by atoms with E-state index in [1.54, 1.807) is 0 Å². The molecule has 0 aliphatic carbocycles. The van der Waals surface area contributed by atoms with Crippen LogP contribution in [0.5, 0.6) is 0 Å². The van der Waals surface area contributed by atoms with Crippen molar-refractivity contribution in [3.05, 3.63) is 150 Å². The molecule has 2 heteroatoms. The molecule has 0 aliphatic rings. The van der Waals surface area contributed by atoms with Crippen LogP contribution in [0.3, 0.4) is 0 Å². The van der Waals surface area contributed by atoms with Crippen molar-refractivity contribution in [2.45, 2.75) is 27.7 Å². The normalized spacial score (nSPS) is 11.1. The van der Waals surface area contributed by atoms with Gasteiger partial charge < -0.3 is 9.80 Å². The molecule has 0 aliphatic heterocycles. The Morgan fingerprint density at radius 2 is 0.763 bits per heavy atom. The van der Waals surface area contributed by atoms with Gasteiger partial charge in [-0.2, -0.15) is 0 Å². The number of hydrogen-bond donors (Lipinski definition) is 0. The summed E-state index contributed by atoms with van der Waals surface area (Å²) in [6.07, 6.45) is 4.23. The van der Waals surface area contributed by atoms with Crippen molar-refractivity contribution in [3.8, 4) is 0 Å². The van der Waals surface area contributed by atoms with E-state index >= 15 is 0 Å². The predicted octanol–water partition coefficient (Wildman–Crippen LogP) is 10.6. The highest BCUT2D eigenvalue weighted by molar-refractivity contribution is 5.83. The van der Waals surface area contributed by atoms with E-state index < -0.39 is 0 Å². The number of rotatable bonds is 7. The molecule has 0 N–H and O–H groups in total. The van der Waals surface area contributed by atoms with Crippen LogP contribution >= 0.6 is 0 Å². The fourth-order valence-electron chi connectivity index (χ4n) is 4.93. The molecule has 0 saturated heterocycles. The van der Waals surface area contributed by atoms with Gasteiger partial charge in [-0.05, 0) is 117 Å². The molecule has 0 unspecified atom stereocenters. The highest BCUT2D eigenvalue weighted by Crippen LogP contribution is 2.41. The molecule has 0 spiro atoms. The van der Waals surface area contributed by atoms with Gasteiger partial charge in [0.1, 0.15) is 0 Å². The van der Waals surface area contributed by atoms with Gasteiger partial charge in [0.2, 0.25) is 0 Å². The number of aryl methyl sites for hydroxylation is 3. The number of benzene rings is 5. The van der Waals surface area contributed by atoms with Crippen LogP contribution in [0.1, 0.15) is 29.2 Å². The average molecular weight is 495 g/mol. The van der Waals surface area contributed by atoms with E-state index in [1.807, 2.05) is 0 Å². The standard InChI is InChI=1S/C36H34N2/c1-5-11-30-15-9-19-34(25-30)38(33-18-8-14-29(4)24-33)36-21-10-20-35(26-36)37(31-16-6-12-27(2)22-31)32-17-7-13-28(3)23-32/h5-26H,1-4H3. The highest BCUT2D eigenvalue weighted by Gasteiger charge is 2.17. The maximum Gasteiger partial charge on any atom is 0.0482 e. The van der Waals surface area contributed by atoms with Crippen LogP contribution in [0, 0.1) is 20.8 Å². The van der Waals surface area contributed by atoms with Crippen LogP contribution in [-0.4, -0.2) is 0 Å². The summed E-state index contributed by atoms with van der Waals surface area (Å²) >= 11 is 0. The third-order valence-electron chi connectivity index (χ3n) is 6.61. The van der Waals surface area contributed by atoms with Gasteiger partial charge in [-0.1, -0.05) is 66.7 Å². The van der Waals surface area contributed by atoms with Crippen molar-refractivity contribution < 1.29 is 0 Å². The van der Waals surface area contributed by atoms with Crippen LogP contribution in [0.4, 0.5) is 34.1 Å². The monoisotopic (exact) mass is 494 g/mol. The largest absolute Gasteiger partial charge is 0.310 e. The van der Waals surface area contributed by atoms with Crippen molar-refractivity contribution in [1.82, 2.24) is 0 Å².